The van der Waals surface area contributed by atoms with E-state index in [9.17, 15) is 9.90 Å². The Kier molecular flexibility index (Phi) is 9.31. The molecule has 1 atom stereocenters. The lowest BCUT2D eigenvalue weighted by atomic mass is 10.4. The zero-order valence-electron chi connectivity index (χ0n) is 14.0. The van der Waals surface area contributed by atoms with E-state index in [0.717, 1.165) is 18.5 Å². The molecule has 124 valence electrons. The van der Waals surface area contributed by atoms with Crippen molar-refractivity contribution >= 4 is 22.6 Å². The van der Waals surface area contributed by atoms with Crippen LogP contribution < -0.4 is 0 Å². The first-order valence-electron chi connectivity index (χ1n) is 7.31. The number of ether oxygens (including phenoxy) is 2. The number of aliphatic hydroxyl groups excluding tert-OH is 1. The van der Waals surface area contributed by atoms with Crippen molar-refractivity contribution in [2.24, 2.45) is 0 Å². The smallest absolute Gasteiger partial charge is 0.330 e. The maximum atomic E-state index is 10.8. The fourth-order valence-electron chi connectivity index (χ4n) is 1.98. The summed E-state index contributed by atoms with van der Waals surface area (Å²) in [7, 11) is -3.09. The zero-order valence-corrected chi connectivity index (χ0v) is 16.0. The highest BCUT2D eigenvalue weighted by atomic mass is 28.4. The van der Waals surface area contributed by atoms with E-state index in [1.807, 2.05) is 0 Å². The molecular weight excluding hydrogens is 304 g/mol. The zero-order chi connectivity index (χ0) is 16.5. The second kappa shape index (κ2) is 9.52. The molecule has 0 amide bonds. The van der Waals surface area contributed by atoms with Crippen molar-refractivity contribution in [2.75, 3.05) is 19.8 Å². The molecule has 0 heterocycles. The van der Waals surface area contributed by atoms with E-state index in [4.69, 9.17) is 13.6 Å². The van der Waals surface area contributed by atoms with Crippen LogP contribution in [0.2, 0.25) is 38.8 Å². The molecule has 0 aliphatic rings. The normalized spacial score (nSPS) is 13.8. The molecule has 21 heavy (non-hydrogen) atoms. The van der Waals surface area contributed by atoms with E-state index in [1.165, 1.54) is 0 Å². The number of aliphatic hydroxyl groups is 1. The number of rotatable bonds is 11. The molecule has 0 bridgehead atoms. The van der Waals surface area contributed by atoms with E-state index >= 15 is 0 Å². The minimum Gasteiger partial charge on any atom is -0.460 e. The molecule has 0 rings (SSSR count). The molecule has 0 saturated heterocycles. The Morgan fingerprint density at radius 3 is 2.38 bits per heavy atom. The molecule has 0 aromatic rings. The summed E-state index contributed by atoms with van der Waals surface area (Å²) in [6, 6.07) is 1.04. The van der Waals surface area contributed by atoms with E-state index in [-0.39, 0.29) is 13.2 Å². The van der Waals surface area contributed by atoms with Gasteiger partial charge in [-0.25, -0.2) is 4.79 Å². The highest BCUT2D eigenvalue weighted by Crippen LogP contribution is 2.19. The monoisotopic (exact) mass is 334 g/mol. The van der Waals surface area contributed by atoms with Crippen LogP contribution in [0.1, 0.15) is 6.42 Å². The maximum absolute atomic E-state index is 10.8. The van der Waals surface area contributed by atoms with Gasteiger partial charge in [-0.15, -0.1) is 0 Å². The molecule has 0 aromatic heterocycles. The summed E-state index contributed by atoms with van der Waals surface area (Å²) in [5.41, 5.74) is 0. The van der Waals surface area contributed by atoms with Crippen LogP contribution in [0.25, 0.3) is 0 Å². The summed E-state index contributed by atoms with van der Waals surface area (Å²) in [4.78, 5) is 10.8. The van der Waals surface area contributed by atoms with E-state index in [0.29, 0.717) is 6.61 Å². The number of carbonyl (C=O) groups is 1. The lowest BCUT2D eigenvalue weighted by molar-refractivity contribution is -0.141. The summed E-state index contributed by atoms with van der Waals surface area (Å²) in [5.74, 6) is -0.537. The van der Waals surface area contributed by atoms with Crippen LogP contribution in [0.3, 0.4) is 0 Å². The standard InChI is InChI=1S/C14H30O5Si2/c1-7-14(16)18-12-13(15)11-17-9-8-10-21(5,6)19-20(2,3)4/h7,13,15H,1,8-12H2,2-6H3. The van der Waals surface area contributed by atoms with Crippen LogP contribution in [0.4, 0.5) is 0 Å². The molecule has 0 aliphatic heterocycles. The largest absolute Gasteiger partial charge is 0.460 e. The van der Waals surface area contributed by atoms with E-state index in [1.54, 1.807) is 0 Å². The maximum Gasteiger partial charge on any atom is 0.330 e. The fourth-order valence-corrected chi connectivity index (χ4v) is 10.0. The second-order valence-corrected chi connectivity index (χ2v) is 15.7. The Hall–Kier alpha value is -0.476. The summed E-state index contributed by atoms with van der Waals surface area (Å²) < 4.78 is 16.4. The third-order valence-corrected chi connectivity index (χ3v) is 8.76. The van der Waals surface area contributed by atoms with Crippen molar-refractivity contribution < 1.29 is 23.5 Å². The van der Waals surface area contributed by atoms with Gasteiger partial charge in [-0.1, -0.05) is 6.58 Å². The van der Waals surface area contributed by atoms with Crippen molar-refractivity contribution in [1.29, 1.82) is 0 Å². The van der Waals surface area contributed by atoms with Gasteiger partial charge in [0.2, 0.25) is 0 Å². The van der Waals surface area contributed by atoms with Crippen LogP contribution in [-0.4, -0.2) is 53.6 Å². The first-order chi connectivity index (χ1) is 9.56. The number of hydrogen-bond donors (Lipinski definition) is 1. The Morgan fingerprint density at radius 2 is 1.86 bits per heavy atom. The van der Waals surface area contributed by atoms with Gasteiger partial charge in [0.05, 0.1) is 6.61 Å². The highest BCUT2D eigenvalue weighted by Gasteiger charge is 2.28. The Balaban J connectivity index is 3.71. The molecule has 1 unspecified atom stereocenters. The summed E-state index contributed by atoms with van der Waals surface area (Å²) in [6.45, 7) is 15.0. The highest BCUT2D eigenvalue weighted by molar-refractivity contribution is 6.84. The summed E-state index contributed by atoms with van der Waals surface area (Å²) in [6.07, 6.45) is 1.19. The minimum atomic E-state index is -1.61. The molecule has 0 radical (unpaired) electrons. The van der Waals surface area contributed by atoms with Crippen LogP contribution in [0.5, 0.6) is 0 Å². The first kappa shape index (κ1) is 20.5. The molecule has 0 fully saturated rings. The summed E-state index contributed by atoms with van der Waals surface area (Å²) >= 11 is 0. The van der Waals surface area contributed by atoms with Crippen molar-refractivity contribution in [3.05, 3.63) is 12.7 Å². The molecule has 0 aliphatic carbocycles. The predicted molar refractivity (Wildman–Crippen MR) is 89.3 cm³/mol. The van der Waals surface area contributed by atoms with Crippen molar-refractivity contribution in [1.82, 2.24) is 0 Å². The fraction of sp³-hybridized carbons (Fsp3) is 0.786. The van der Waals surface area contributed by atoms with Crippen LogP contribution in [0.15, 0.2) is 12.7 Å². The molecule has 0 spiro atoms. The Morgan fingerprint density at radius 1 is 1.24 bits per heavy atom. The third-order valence-electron chi connectivity index (χ3n) is 2.54. The summed E-state index contributed by atoms with van der Waals surface area (Å²) in [5, 5.41) is 9.56. The molecule has 5 nitrogen and oxygen atoms in total. The second-order valence-electron chi connectivity index (χ2n) is 6.64. The molecule has 0 aromatic carbocycles. The topological polar surface area (TPSA) is 65.0 Å². The van der Waals surface area contributed by atoms with Gasteiger partial charge in [0.1, 0.15) is 12.7 Å². The average Bonchev–Trinajstić information content (AvgIpc) is 2.32. The number of hydrogen-bond acceptors (Lipinski definition) is 5. The van der Waals surface area contributed by atoms with Crippen molar-refractivity contribution in [3.8, 4) is 0 Å². The lowest BCUT2D eigenvalue weighted by Gasteiger charge is -2.31. The Labute approximate surface area is 130 Å². The quantitative estimate of drug-likeness (QED) is 0.272. The van der Waals surface area contributed by atoms with Gasteiger partial charge < -0.3 is 18.7 Å². The predicted octanol–water partition coefficient (Wildman–Crippen LogP) is 2.54. The van der Waals surface area contributed by atoms with Crippen molar-refractivity contribution in [2.45, 2.75) is 51.3 Å². The molecule has 0 saturated carbocycles. The number of carbonyl (C=O) groups excluding carboxylic acids is 1. The SMILES string of the molecule is C=CC(=O)OCC(O)COCCC[Si](C)(C)O[Si](C)(C)C. The van der Waals surface area contributed by atoms with Gasteiger partial charge in [-0.2, -0.15) is 0 Å². The van der Waals surface area contributed by atoms with Crippen molar-refractivity contribution in [3.63, 3.8) is 0 Å². The van der Waals surface area contributed by atoms with Gasteiger partial charge in [-0.05, 0) is 45.2 Å². The molecule has 7 heteroatoms. The molecular formula is C14H30O5Si2. The first-order valence-corrected chi connectivity index (χ1v) is 13.8. The third kappa shape index (κ3) is 12.9. The average molecular weight is 335 g/mol. The van der Waals surface area contributed by atoms with Gasteiger partial charge >= 0.3 is 5.97 Å². The minimum absolute atomic E-state index is 0.0656. The lowest BCUT2D eigenvalue weighted by Crippen LogP contribution is -2.42. The van der Waals surface area contributed by atoms with E-state index < -0.39 is 28.7 Å². The van der Waals surface area contributed by atoms with Gasteiger partial charge in [-0.3, -0.25) is 0 Å². The van der Waals surface area contributed by atoms with Crippen LogP contribution in [-0.2, 0) is 18.4 Å². The van der Waals surface area contributed by atoms with Gasteiger partial charge in [0, 0.05) is 12.7 Å². The van der Waals surface area contributed by atoms with Crippen LogP contribution in [0, 0.1) is 0 Å². The number of esters is 1. The van der Waals surface area contributed by atoms with E-state index in [2.05, 4.69) is 39.3 Å². The molecule has 1 N–H and O–H groups in total. The van der Waals surface area contributed by atoms with Gasteiger partial charge in [0.15, 0.2) is 16.6 Å². The van der Waals surface area contributed by atoms with Gasteiger partial charge in [0.25, 0.3) is 0 Å². The Bertz CT molecular complexity index is 326. The van der Waals surface area contributed by atoms with Crippen LogP contribution >= 0.6 is 0 Å².